The highest BCUT2D eigenvalue weighted by molar-refractivity contribution is 5.39. The van der Waals surface area contributed by atoms with Gasteiger partial charge in [0.25, 0.3) is 0 Å². The number of nitrogens with one attached hydrogen (secondary N) is 1. The molecule has 0 spiro atoms. The Morgan fingerprint density at radius 1 is 0.900 bits per heavy atom. The van der Waals surface area contributed by atoms with Crippen LogP contribution in [0.3, 0.4) is 0 Å². The fourth-order valence-electron chi connectivity index (χ4n) is 5.33. The third kappa shape index (κ3) is 2.35. The molecule has 4 bridgehead atoms. The predicted molar refractivity (Wildman–Crippen MR) is 83.4 cm³/mol. The maximum atomic E-state index is 5.74. The molecular formula is C18H26N2. The van der Waals surface area contributed by atoms with Crippen LogP contribution in [0.4, 0.5) is 5.69 Å². The van der Waals surface area contributed by atoms with Gasteiger partial charge in [0.2, 0.25) is 0 Å². The van der Waals surface area contributed by atoms with E-state index in [2.05, 4.69) is 17.4 Å². The maximum Gasteiger partial charge on any atom is 0.0314 e. The number of hydrogen-bond donors (Lipinski definition) is 2. The molecule has 1 aromatic carbocycles. The van der Waals surface area contributed by atoms with E-state index in [0.717, 1.165) is 48.4 Å². The van der Waals surface area contributed by atoms with Crippen molar-refractivity contribution < 1.29 is 0 Å². The lowest BCUT2D eigenvalue weighted by molar-refractivity contribution is -0.0133. The topological polar surface area (TPSA) is 38.0 Å². The van der Waals surface area contributed by atoms with Gasteiger partial charge in [-0.3, -0.25) is 0 Å². The van der Waals surface area contributed by atoms with Crippen molar-refractivity contribution in [3.63, 3.8) is 0 Å². The molecule has 3 N–H and O–H groups in total. The summed E-state index contributed by atoms with van der Waals surface area (Å²) in [4.78, 5) is 0. The van der Waals surface area contributed by atoms with Crippen LogP contribution in [0.25, 0.3) is 0 Å². The second-order valence-corrected chi connectivity index (χ2v) is 7.40. The second-order valence-electron chi connectivity index (χ2n) is 7.40. The highest BCUT2D eigenvalue weighted by Gasteiger charge is 2.47. The Kier molecular flexibility index (Phi) is 3.22. The van der Waals surface area contributed by atoms with Gasteiger partial charge >= 0.3 is 0 Å². The smallest absolute Gasteiger partial charge is 0.0314 e. The number of rotatable bonds is 4. The van der Waals surface area contributed by atoms with Crippen LogP contribution in [-0.4, -0.2) is 12.6 Å². The van der Waals surface area contributed by atoms with Crippen LogP contribution in [-0.2, 0) is 6.42 Å². The number of hydrogen-bond acceptors (Lipinski definition) is 2. The third-order valence-electron chi connectivity index (χ3n) is 6.00. The molecule has 2 heteroatoms. The largest absolute Gasteiger partial charge is 0.399 e. The molecule has 0 unspecified atom stereocenters. The van der Waals surface area contributed by atoms with Crippen molar-refractivity contribution in [2.45, 2.75) is 44.6 Å². The summed E-state index contributed by atoms with van der Waals surface area (Å²) in [6.45, 7) is 1.12. The van der Waals surface area contributed by atoms with Crippen molar-refractivity contribution >= 4 is 5.69 Å². The zero-order valence-corrected chi connectivity index (χ0v) is 12.2. The van der Waals surface area contributed by atoms with E-state index >= 15 is 0 Å². The monoisotopic (exact) mass is 270 g/mol. The molecule has 0 aliphatic heterocycles. The van der Waals surface area contributed by atoms with Crippen molar-refractivity contribution in [1.29, 1.82) is 0 Å². The van der Waals surface area contributed by atoms with Gasteiger partial charge in [-0.1, -0.05) is 12.1 Å². The molecule has 0 amide bonds. The lowest BCUT2D eigenvalue weighted by Gasteiger charge is -2.54. The number of anilines is 1. The summed E-state index contributed by atoms with van der Waals surface area (Å²) >= 11 is 0. The molecule has 20 heavy (non-hydrogen) atoms. The Morgan fingerprint density at radius 3 is 2.10 bits per heavy atom. The Labute approximate surface area is 122 Å². The Morgan fingerprint density at radius 2 is 1.50 bits per heavy atom. The van der Waals surface area contributed by atoms with Crippen molar-refractivity contribution in [2.75, 3.05) is 12.3 Å². The first-order chi connectivity index (χ1) is 9.78. The molecule has 4 aliphatic carbocycles. The molecule has 0 aromatic heterocycles. The van der Waals surface area contributed by atoms with E-state index in [-0.39, 0.29) is 0 Å². The molecule has 108 valence electrons. The summed E-state index contributed by atoms with van der Waals surface area (Å²) in [7, 11) is 0. The lowest BCUT2D eigenvalue weighted by Crippen LogP contribution is -2.54. The molecule has 4 saturated carbocycles. The highest BCUT2D eigenvalue weighted by atomic mass is 14.9. The van der Waals surface area contributed by atoms with E-state index in [1.54, 1.807) is 6.42 Å². The average Bonchev–Trinajstić information content (AvgIpc) is 2.43. The summed E-state index contributed by atoms with van der Waals surface area (Å²) < 4.78 is 0. The van der Waals surface area contributed by atoms with Gasteiger partial charge in [-0.25, -0.2) is 0 Å². The highest BCUT2D eigenvalue weighted by Crippen LogP contribution is 2.53. The summed E-state index contributed by atoms with van der Waals surface area (Å²) in [5, 5.41) is 3.90. The van der Waals surface area contributed by atoms with Crippen molar-refractivity contribution in [2.24, 2.45) is 23.7 Å². The van der Waals surface area contributed by atoms with Crippen LogP contribution < -0.4 is 11.1 Å². The molecule has 0 radical (unpaired) electrons. The fourth-order valence-corrected chi connectivity index (χ4v) is 5.33. The molecule has 0 saturated heterocycles. The first-order valence-corrected chi connectivity index (χ1v) is 8.35. The van der Waals surface area contributed by atoms with Crippen LogP contribution in [0.1, 0.15) is 37.7 Å². The molecule has 0 heterocycles. The van der Waals surface area contributed by atoms with Crippen molar-refractivity contribution in [3.8, 4) is 0 Å². The van der Waals surface area contributed by atoms with E-state index in [4.69, 9.17) is 5.73 Å². The third-order valence-corrected chi connectivity index (χ3v) is 6.00. The van der Waals surface area contributed by atoms with Gasteiger partial charge in [-0.15, -0.1) is 0 Å². The van der Waals surface area contributed by atoms with Gasteiger partial charge in [-0.05, 0) is 86.4 Å². The molecule has 0 atom stereocenters. The molecule has 1 aromatic rings. The summed E-state index contributed by atoms with van der Waals surface area (Å²) in [6.07, 6.45) is 8.70. The number of benzene rings is 1. The first kappa shape index (κ1) is 12.7. The van der Waals surface area contributed by atoms with Crippen LogP contribution >= 0.6 is 0 Å². The zero-order chi connectivity index (χ0) is 13.5. The normalized spacial score (nSPS) is 38.3. The molecule has 4 aliphatic rings. The number of nitrogen functional groups attached to an aromatic ring is 1. The van der Waals surface area contributed by atoms with Crippen molar-refractivity contribution in [1.82, 2.24) is 5.32 Å². The predicted octanol–water partition coefficient (Wildman–Crippen LogP) is 3.23. The second kappa shape index (κ2) is 5.07. The van der Waals surface area contributed by atoms with Gasteiger partial charge in [0.15, 0.2) is 0 Å². The minimum Gasteiger partial charge on any atom is -0.399 e. The van der Waals surface area contributed by atoms with Crippen LogP contribution in [0.5, 0.6) is 0 Å². The maximum absolute atomic E-state index is 5.74. The van der Waals surface area contributed by atoms with Gasteiger partial charge in [0.1, 0.15) is 0 Å². The SMILES string of the molecule is Nc1ccc(CCNC2C3CC4CC(C3)CC2C4)cc1. The Hall–Kier alpha value is -1.02. The van der Waals surface area contributed by atoms with Gasteiger partial charge in [0.05, 0.1) is 0 Å². The van der Waals surface area contributed by atoms with Crippen molar-refractivity contribution in [3.05, 3.63) is 29.8 Å². The van der Waals surface area contributed by atoms with Crippen LogP contribution in [0.2, 0.25) is 0 Å². The molecular weight excluding hydrogens is 244 g/mol. The fraction of sp³-hybridized carbons (Fsp3) is 0.667. The van der Waals surface area contributed by atoms with Crippen LogP contribution in [0.15, 0.2) is 24.3 Å². The van der Waals surface area contributed by atoms with E-state index < -0.39 is 0 Å². The summed E-state index contributed by atoms with van der Waals surface area (Å²) in [6, 6.07) is 9.16. The quantitative estimate of drug-likeness (QED) is 0.824. The zero-order valence-electron chi connectivity index (χ0n) is 12.2. The minimum atomic E-state index is 0.816. The first-order valence-electron chi connectivity index (χ1n) is 8.35. The minimum absolute atomic E-state index is 0.816. The van der Waals surface area contributed by atoms with Crippen LogP contribution in [0, 0.1) is 23.7 Å². The average molecular weight is 270 g/mol. The van der Waals surface area contributed by atoms with E-state index in [9.17, 15) is 0 Å². The molecule has 5 rings (SSSR count). The molecule has 2 nitrogen and oxygen atoms in total. The van der Waals surface area contributed by atoms with E-state index in [1.165, 1.54) is 31.2 Å². The lowest BCUT2D eigenvalue weighted by atomic mass is 9.54. The van der Waals surface area contributed by atoms with E-state index in [1.807, 2.05) is 12.1 Å². The van der Waals surface area contributed by atoms with Gasteiger partial charge in [-0.2, -0.15) is 0 Å². The van der Waals surface area contributed by atoms with Gasteiger partial charge < -0.3 is 11.1 Å². The Bertz CT molecular complexity index is 437. The standard InChI is InChI=1S/C18H26N2/c19-17-3-1-12(2-4-17)5-6-20-18-15-8-13-7-14(10-15)11-16(18)9-13/h1-4,13-16,18,20H,5-11,19H2. The Balaban J connectivity index is 1.32. The van der Waals surface area contributed by atoms with Gasteiger partial charge in [0, 0.05) is 11.7 Å². The summed E-state index contributed by atoms with van der Waals surface area (Å²) in [5.74, 6) is 4.12. The van der Waals surface area contributed by atoms with E-state index in [0.29, 0.717) is 0 Å². The number of nitrogens with two attached hydrogens (primary N) is 1. The summed E-state index contributed by atoms with van der Waals surface area (Å²) in [5.41, 5.74) is 8.00. The molecule has 4 fully saturated rings.